The summed E-state index contributed by atoms with van der Waals surface area (Å²) in [6, 6.07) is 7.69. The number of ether oxygens (including phenoxy) is 1. The highest BCUT2D eigenvalue weighted by Gasteiger charge is 1.94. The number of hydrogen-bond donors (Lipinski definition) is 2. The van der Waals surface area contributed by atoms with E-state index in [9.17, 15) is 0 Å². The monoisotopic (exact) mass is 265 g/mol. The van der Waals surface area contributed by atoms with E-state index in [0.29, 0.717) is 13.2 Å². The van der Waals surface area contributed by atoms with Crippen molar-refractivity contribution < 1.29 is 9.84 Å². The molecule has 0 aliphatic heterocycles. The van der Waals surface area contributed by atoms with Crippen LogP contribution >= 0.6 is 11.8 Å². The van der Waals surface area contributed by atoms with Crippen molar-refractivity contribution in [3.05, 3.63) is 29.8 Å². The Bertz CT molecular complexity index is 381. The Labute approximate surface area is 113 Å². The number of nitrogens with two attached hydrogens (primary N) is 1. The lowest BCUT2D eigenvalue weighted by molar-refractivity contribution is 0.296. The SMILES string of the molecule is NCC#Cc1ccc(OCCSCCCO)cc1. The first-order valence-corrected chi connectivity index (χ1v) is 7.12. The topological polar surface area (TPSA) is 55.5 Å². The lowest BCUT2D eigenvalue weighted by Crippen LogP contribution is -2.01. The Morgan fingerprint density at radius 3 is 2.67 bits per heavy atom. The van der Waals surface area contributed by atoms with Crippen molar-refractivity contribution in [3.8, 4) is 17.6 Å². The summed E-state index contributed by atoms with van der Waals surface area (Å²) in [5.41, 5.74) is 6.25. The van der Waals surface area contributed by atoms with Crippen LogP contribution in [0.2, 0.25) is 0 Å². The molecule has 0 fully saturated rings. The molecule has 3 nitrogen and oxygen atoms in total. The second-order valence-electron chi connectivity index (χ2n) is 3.57. The molecule has 1 aromatic carbocycles. The molecule has 0 saturated carbocycles. The smallest absolute Gasteiger partial charge is 0.119 e. The fraction of sp³-hybridized carbons (Fsp3) is 0.429. The first-order valence-electron chi connectivity index (χ1n) is 5.97. The molecule has 0 radical (unpaired) electrons. The molecule has 4 heteroatoms. The molecule has 18 heavy (non-hydrogen) atoms. The summed E-state index contributed by atoms with van der Waals surface area (Å²) < 4.78 is 5.59. The van der Waals surface area contributed by atoms with E-state index in [0.717, 1.165) is 29.2 Å². The van der Waals surface area contributed by atoms with E-state index in [4.69, 9.17) is 15.6 Å². The third-order valence-corrected chi connectivity index (χ3v) is 3.16. The summed E-state index contributed by atoms with van der Waals surface area (Å²) in [4.78, 5) is 0. The van der Waals surface area contributed by atoms with E-state index in [1.54, 1.807) is 11.8 Å². The lowest BCUT2D eigenvalue weighted by Gasteiger charge is -2.05. The van der Waals surface area contributed by atoms with Crippen molar-refractivity contribution in [2.75, 3.05) is 31.3 Å². The Hall–Kier alpha value is -1.15. The predicted molar refractivity (Wildman–Crippen MR) is 76.9 cm³/mol. The largest absolute Gasteiger partial charge is 0.493 e. The van der Waals surface area contributed by atoms with Crippen LogP contribution in [-0.4, -0.2) is 36.4 Å². The van der Waals surface area contributed by atoms with Crippen LogP contribution < -0.4 is 10.5 Å². The van der Waals surface area contributed by atoms with Gasteiger partial charge >= 0.3 is 0 Å². The summed E-state index contributed by atoms with van der Waals surface area (Å²) in [5, 5.41) is 8.62. The molecule has 0 spiro atoms. The molecule has 0 unspecified atom stereocenters. The molecule has 1 rings (SSSR count). The standard InChI is InChI=1S/C14H19NO2S/c15-8-1-3-13-4-6-14(7-5-13)17-10-12-18-11-2-9-16/h4-7,16H,2,8-12,15H2. The van der Waals surface area contributed by atoms with Crippen LogP contribution in [-0.2, 0) is 0 Å². The van der Waals surface area contributed by atoms with Gasteiger partial charge in [0.1, 0.15) is 5.75 Å². The number of benzene rings is 1. The van der Waals surface area contributed by atoms with Gasteiger partial charge in [0.25, 0.3) is 0 Å². The minimum atomic E-state index is 0.263. The van der Waals surface area contributed by atoms with Crippen LogP contribution in [0.25, 0.3) is 0 Å². The van der Waals surface area contributed by atoms with Gasteiger partial charge in [-0.3, -0.25) is 0 Å². The van der Waals surface area contributed by atoms with Crippen molar-refractivity contribution >= 4 is 11.8 Å². The fourth-order valence-electron chi connectivity index (χ4n) is 1.27. The van der Waals surface area contributed by atoms with Gasteiger partial charge < -0.3 is 15.6 Å². The highest BCUT2D eigenvalue weighted by atomic mass is 32.2. The number of aliphatic hydroxyl groups is 1. The average molecular weight is 265 g/mol. The molecule has 0 bridgehead atoms. The van der Waals surface area contributed by atoms with Crippen molar-refractivity contribution in [1.82, 2.24) is 0 Å². The molecule has 0 aliphatic carbocycles. The Morgan fingerprint density at radius 2 is 2.00 bits per heavy atom. The van der Waals surface area contributed by atoms with Crippen LogP contribution in [0.4, 0.5) is 0 Å². The van der Waals surface area contributed by atoms with E-state index in [1.807, 2.05) is 24.3 Å². The van der Waals surface area contributed by atoms with Gasteiger partial charge in [-0.15, -0.1) is 0 Å². The summed E-state index contributed by atoms with van der Waals surface area (Å²) in [6.07, 6.45) is 0.846. The molecule has 98 valence electrons. The maximum absolute atomic E-state index is 8.62. The Morgan fingerprint density at radius 1 is 1.22 bits per heavy atom. The number of rotatable bonds is 7. The van der Waals surface area contributed by atoms with Gasteiger partial charge in [0.2, 0.25) is 0 Å². The molecular weight excluding hydrogens is 246 g/mol. The van der Waals surface area contributed by atoms with Crippen molar-refractivity contribution in [3.63, 3.8) is 0 Å². The zero-order chi connectivity index (χ0) is 13.1. The van der Waals surface area contributed by atoms with Gasteiger partial charge in [0.15, 0.2) is 0 Å². The number of thioether (sulfide) groups is 1. The molecule has 0 aromatic heterocycles. The van der Waals surface area contributed by atoms with E-state index < -0.39 is 0 Å². The van der Waals surface area contributed by atoms with Gasteiger partial charge in [-0.2, -0.15) is 11.8 Å². The number of hydrogen-bond acceptors (Lipinski definition) is 4. The maximum Gasteiger partial charge on any atom is 0.119 e. The van der Waals surface area contributed by atoms with Gasteiger partial charge in [-0.05, 0) is 36.4 Å². The van der Waals surface area contributed by atoms with E-state index >= 15 is 0 Å². The lowest BCUT2D eigenvalue weighted by atomic mass is 10.2. The maximum atomic E-state index is 8.62. The quantitative estimate of drug-likeness (QED) is 0.579. The minimum absolute atomic E-state index is 0.263. The van der Waals surface area contributed by atoms with E-state index in [2.05, 4.69) is 11.8 Å². The third kappa shape index (κ3) is 6.55. The second kappa shape index (κ2) is 9.84. The Balaban J connectivity index is 2.22. The molecule has 1 aromatic rings. The van der Waals surface area contributed by atoms with Crippen molar-refractivity contribution in [2.45, 2.75) is 6.42 Å². The molecule has 3 N–H and O–H groups in total. The Kier molecular flexibility index (Phi) is 8.15. The van der Waals surface area contributed by atoms with Crippen LogP contribution in [0.15, 0.2) is 24.3 Å². The molecule has 0 atom stereocenters. The van der Waals surface area contributed by atoms with Crippen molar-refractivity contribution in [1.29, 1.82) is 0 Å². The first kappa shape index (κ1) is 14.9. The fourth-order valence-corrected chi connectivity index (χ4v) is 2.01. The zero-order valence-electron chi connectivity index (χ0n) is 10.4. The van der Waals surface area contributed by atoms with Gasteiger partial charge in [0.05, 0.1) is 13.2 Å². The van der Waals surface area contributed by atoms with Crippen LogP contribution in [0.1, 0.15) is 12.0 Å². The predicted octanol–water partition coefficient (Wildman–Crippen LogP) is 1.49. The van der Waals surface area contributed by atoms with Gasteiger partial charge in [-0.25, -0.2) is 0 Å². The van der Waals surface area contributed by atoms with Crippen LogP contribution in [0.5, 0.6) is 5.75 Å². The molecule has 0 amide bonds. The van der Waals surface area contributed by atoms with Crippen LogP contribution in [0, 0.1) is 11.8 Å². The van der Waals surface area contributed by atoms with Crippen molar-refractivity contribution in [2.24, 2.45) is 5.73 Å². The summed E-state index contributed by atoms with van der Waals surface area (Å²) in [6.45, 7) is 1.33. The molecule has 0 saturated heterocycles. The first-order chi connectivity index (χ1) is 8.86. The summed E-state index contributed by atoms with van der Waals surface area (Å²) >= 11 is 1.79. The van der Waals surface area contributed by atoms with Gasteiger partial charge in [-0.1, -0.05) is 11.8 Å². The number of aliphatic hydroxyl groups excluding tert-OH is 1. The third-order valence-electron chi connectivity index (χ3n) is 2.13. The summed E-state index contributed by atoms with van der Waals surface area (Å²) in [5.74, 6) is 8.55. The minimum Gasteiger partial charge on any atom is -0.493 e. The zero-order valence-corrected chi connectivity index (χ0v) is 11.2. The van der Waals surface area contributed by atoms with E-state index in [1.165, 1.54) is 0 Å². The second-order valence-corrected chi connectivity index (χ2v) is 4.79. The highest BCUT2D eigenvalue weighted by molar-refractivity contribution is 7.99. The van der Waals surface area contributed by atoms with Gasteiger partial charge in [0, 0.05) is 17.9 Å². The summed E-state index contributed by atoms with van der Waals surface area (Å²) in [7, 11) is 0. The highest BCUT2D eigenvalue weighted by Crippen LogP contribution is 2.12. The van der Waals surface area contributed by atoms with E-state index in [-0.39, 0.29) is 6.61 Å². The molecule has 0 heterocycles. The average Bonchev–Trinajstić information content (AvgIpc) is 2.42. The van der Waals surface area contributed by atoms with Crippen LogP contribution in [0.3, 0.4) is 0 Å². The molecular formula is C14H19NO2S. The normalized spacial score (nSPS) is 9.67. The molecule has 0 aliphatic rings.